The summed E-state index contributed by atoms with van der Waals surface area (Å²) in [4.78, 5) is 8.18. The van der Waals surface area contributed by atoms with Crippen LogP contribution in [0.3, 0.4) is 0 Å². The first-order valence-electron chi connectivity index (χ1n) is 3.86. The van der Waals surface area contributed by atoms with Crippen LogP contribution in [0.25, 0.3) is 0 Å². The van der Waals surface area contributed by atoms with E-state index in [-0.39, 0.29) is 0 Å². The molecule has 0 aliphatic heterocycles. The lowest BCUT2D eigenvalue weighted by atomic mass is 10.3. The van der Waals surface area contributed by atoms with Gasteiger partial charge in [-0.2, -0.15) is 0 Å². The number of hydrogen-bond donors (Lipinski definition) is 1. The third-order valence-corrected chi connectivity index (χ3v) is 1.35. The fraction of sp³-hybridized carbons (Fsp3) is 0.333. The zero-order valence-electron chi connectivity index (χ0n) is 7.46. The third-order valence-electron chi connectivity index (χ3n) is 1.35. The Hall–Kier alpha value is -1.38. The minimum Gasteiger partial charge on any atom is -0.366 e. The van der Waals surface area contributed by atoms with Crippen LogP contribution in [0.1, 0.15) is 12.7 Å². The summed E-state index contributed by atoms with van der Waals surface area (Å²) < 4.78 is 0. The topological polar surface area (TPSA) is 37.8 Å². The van der Waals surface area contributed by atoms with Gasteiger partial charge in [0.05, 0.1) is 0 Å². The van der Waals surface area contributed by atoms with E-state index < -0.39 is 0 Å². The summed E-state index contributed by atoms with van der Waals surface area (Å²) in [5.41, 5.74) is 1.09. The first-order chi connectivity index (χ1) is 5.68. The second kappa shape index (κ2) is 3.85. The Labute approximate surface area is 72.6 Å². The molecule has 0 amide bonds. The van der Waals surface area contributed by atoms with Gasteiger partial charge in [0, 0.05) is 12.7 Å². The van der Waals surface area contributed by atoms with Crippen molar-refractivity contribution >= 4 is 5.82 Å². The van der Waals surface area contributed by atoms with Gasteiger partial charge in [-0.05, 0) is 19.9 Å². The van der Waals surface area contributed by atoms with Crippen LogP contribution in [0.4, 0.5) is 5.82 Å². The highest BCUT2D eigenvalue weighted by Crippen LogP contribution is 2.01. The van der Waals surface area contributed by atoms with Crippen molar-refractivity contribution < 1.29 is 0 Å². The largest absolute Gasteiger partial charge is 0.366 e. The molecule has 1 N–H and O–H groups in total. The lowest BCUT2D eigenvalue weighted by Crippen LogP contribution is -2.04. The Morgan fingerprint density at radius 1 is 1.67 bits per heavy atom. The quantitative estimate of drug-likeness (QED) is 0.690. The van der Waals surface area contributed by atoms with Crippen molar-refractivity contribution in [3.63, 3.8) is 0 Å². The molecule has 1 rings (SSSR count). The van der Waals surface area contributed by atoms with E-state index >= 15 is 0 Å². The smallest absolute Gasteiger partial charge is 0.129 e. The first kappa shape index (κ1) is 8.71. The molecule has 1 heterocycles. The SMILES string of the molecule is C=C(C)CNc1ccnc(C)n1. The summed E-state index contributed by atoms with van der Waals surface area (Å²) in [7, 11) is 0. The van der Waals surface area contributed by atoms with Crippen molar-refractivity contribution in [2.75, 3.05) is 11.9 Å². The Morgan fingerprint density at radius 3 is 3.00 bits per heavy atom. The number of nitrogens with one attached hydrogen (secondary N) is 1. The zero-order chi connectivity index (χ0) is 8.97. The average Bonchev–Trinajstić information content (AvgIpc) is 2.01. The Morgan fingerprint density at radius 2 is 2.42 bits per heavy atom. The van der Waals surface area contributed by atoms with E-state index in [0.29, 0.717) is 0 Å². The molecule has 0 atom stereocenters. The molecule has 12 heavy (non-hydrogen) atoms. The standard InChI is InChI=1S/C9H13N3/c1-7(2)6-11-9-4-5-10-8(3)12-9/h4-5H,1,6H2,2-3H3,(H,10,11,12). The van der Waals surface area contributed by atoms with Crippen LogP contribution in [0, 0.1) is 6.92 Å². The number of hydrogen-bond acceptors (Lipinski definition) is 3. The third kappa shape index (κ3) is 2.70. The number of aromatic nitrogens is 2. The van der Waals surface area contributed by atoms with Gasteiger partial charge in [0.2, 0.25) is 0 Å². The summed E-state index contributed by atoms with van der Waals surface area (Å²) in [5.74, 6) is 1.63. The van der Waals surface area contributed by atoms with Gasteiger partial charge in [0.15, 0.2) is 0 Å². The predicted octanol–water partition coefficient (Wildman–Crippen LogP) is 1.77. The summed E-state index contributed by atoms with van der Waals surface area (Å²) in [6.45, 7) is 8.39. The van der Waals surface area contributed by atoms with Gasteiger partial charge in [-0.3, -0.25) is 0 Å². The van der Waals surface area contributed by atoms with Gasteiger partial charge in [-0.25, -0.2) is 9.97 Å². The van der Waals surface area contributed by atoms with Crippen molar-refractivity contribution in [3.8, 4) is 0 Å². The van der Waals surface area contributed by atoms with E-state index in [9.17, 15) is 0 Å². The molecule has 0 bridgehead atoms. The Kier molecular flexibility index (Phi) is 2.80. The van der Waals surface area contributed by atoms with Crippen molar-refractivity contribution in [2.24, 2.45) is 0 Å². The van der Waals surface area contributed by atoms with Gasteiger partial charge in [-0.1, -0.05) is 12.2 Å². The van der Waals surface area contributed by atoms with Crippen LogP contribution in [0.2, 0.25) is 0 Å². The highest BCUT2D eigenvalue weighted by molar-refractivity contribution is 5.34. The lowest BCUT2D eigenvalue weighted by Gasteiger charge is -2.04. The van der Waals surface area contributed by atoms with Crippen molar-refractivity contribution in [1.29, 1.82) is 0 Å². The monoisotopic (exact) mass is 163 g/mol. The van der Waals surface area contributed by atoms with Gasteiger partial charge < -0.3 is 5.32 Å². The Bertz CT molecular complexity index is 281. The number of anilines is 1. The molecule has 0 aromatic carbocycles. The van der Waals surface area contributed by atoms with E-state index in [1.165, 1.54) is 0 Å². The molecule has 0 spiro atoms. The number of aryl methyl sites for hydroxylation is 1. The summed E-state index contributed by atoms with van der Waals surface area (Å²) in [6, 6.07) is 1.84. The normalized spacial score (nSPS) is 9.50. The van der Waals surface area contributed by atoms with Gasteiger partial charge >= 0.3 is 0 Å². The lowest BCUT2D eigenvalue weighted by molar-refractivity contribution is 1.04. The predicted molar refractivity (Wildman–Crippen MR) is 50.1 cm³/mol. The molecule has 0 unspecified atom stereocenters. The molecular weight excluding hydrogens is 150 g/mol. The molecule has 0 saturated heterocycles. The van der Waals surface area contributed by atoms with Crippen molar-refractivity contribution in [2.45, 2.75) is 13.8 Å². The van der Waals surface area contributed by atoms with Gasteiger partial charge in [0.25, 0.3) is 0 Å². The molecule has 0 aliphatic rings. The molecule has 0 aliphatic carbocycles. The highest BCUT2D eigenvalue weighted by Gasteiger charge is 1.92. The highest BCUT2D eigenvalue weighted by atomic mass is 15.0. The minimum absolute atomic E-state index is 0.760. The maximum absolute atomic E-state index is 4.18. The zero-order valence-corrected chi connectivity index (χ0v) is 7.46. The summed E-state index contributed by atoms with van der Waals surface area (Å²) in [6.07, 6.45) is 1.74. The second-order valence-electron chi connectivity index (χ2n) is 2.80. The van der Waals surface area contributed by atoms with E-state index in [2.05, 4.69) is 21.9 Å². The van der Waals surface area contributed by atoms with Gasteiger partial charge in [0.1, 0.15) is 11.6 Å². The first-order valence-corrected chi connectivity index (χ1v) is 3.86. The van der Waals surface area contributed by atoms with Crippen LogP contribution < -0.4 is 5.32 Å². The van der Waals surface area contributed by atoms with Crippen molar-refractivity contribution in [1.82, 2.24) is 9.97 Å². The van der Waals surface area contributed by atoms with E-state index in [0.717, 1.165) is 23.8 Å². The molecule has 1 aromatic rings. The maximum Gasteiger partial charge on any atom is 0.129 e. The van der Waals surface area contributed by atoms with Crippen LogP contribution >= 0.6 is 0 Å². The summed E-state index contributed by atoms with van der Waals surface area (Å²) in [5, 5.41) is 3.13. The molecular formula is C9H13N3. The fourth-order valence-corrected chi connectivity index (χ4v) is 0.796. The van der Waals surface area contributed by atoms with Crippen LogP contribution in [0.5, 0.6) is 0 Å². The minimum atomic E-state index is 0.760. The Balaban J connectivity index is 2.57. The van der Waals surface area contributed by atoms with E-state index in [1.54, 1.807) is 6.20 Å². The number of rotatable bonds is 3. The molecule has 3 nitrogen and oxygen atoms in total. The average molecular weight is 163 g/mol. The van der Waals surface area contributed by atoms with E-state index in [1.807, 2.05) is 19.9 Å². The molecule has 3 heteroatoms. The molecule has 0 fully saturated rings. The molecule has 0 radical (unpaired) electrons. The summed E-state index contributed by atoms with van der Waals surface area (Å²) >= 11 is 0. The molecule has 0 saturated carbocycles. The van der Waals surface area contributed by atoms with E-state index in [4.69, 9.17) is 0 Å². The second-order valence-corrected chi connectivity index (χ2v) is 2.80. The molecule has 64 valence electrons. The fourth-order valence-electron chi connectivity index (χ4n) is 0.796. The van der Waals surface area contributed by atoms with Crippen LogP contribution in [0.15, 0.2) is 24.4 Å². The maximum atomic E-state index is 4.18. The molecule has 1 aromatic heterocycles. The number of nitrogens with zero attached hydrogens (tertiary/aromatic N) is 2. The van der Waals surface area contributed by atoms with Crippen molar-refractivity contribution in [3.05, 3.63) is 30.2 Å². The van der Waals surface area contributed by atoms with Gasteiger partial charge in [-0.15, -0.1) is 0 Å². The van der Waals surface area contributed by atoms with Crippen LogP contribution in [-0.2, 0) is 0 Å². The van der Waals surface area contributed by atoms with Crippen LogP contribution in [-0.4, -0.2) is 16.5 Å².